The monoisotopic (exact) mass is 386 g/mol. The lowest BCUT2D eigenvalue weighted by Crippen LogP contribution is -2.47. The Morgan fingerprint density at radius 3 is 2.03 bits per heavy atom. The van der Waals surface area contributed by atoms with E-state index in [0.717, 1.165) is 43.6 Å². The number of carbonyl (C=O) groups is 1. The second kappa shape index (κ2) is 7.76. The number of rotatable bonds is 5. The van der Waals surface area contributed by atoms with Crippen molar-refractivity contribution in [3.8, 4) is 5.69 Å². The molecule has 2 fully saturated rings. The van der Waals surface area contributed by atoms with Gasteiger partial charge in [-0.15, -0.1) is 0 Å². The Labute approximate surface area is 171 Å². The molecule has 1 aliphatic heterocycles. The molecule has 1 saturated carbocycles. The highest BCUT2D eigenvalue weighted by molar-refractivity contribution is 6.04. The van der Waals surface area contributed by atoms with E-state index in [4.69, 9.17) is 0 Å². The van der Waals surface area contributed by atoms with Crippen molar-refractivity contribution in [3.63, 3.8) is 0 Å². The topological polar surface area (TPSA) is 40.5 Å². The molecule has 3 aromatic rings. The number of nitrogens with one attached hydrogen (secondary N) is 1. The van der Waals surface area contributed by atoms with Crippen molar-refractivity contribution in [2.75, 3.05) is 36.4 Å². The molecule has 1 saturated heterocycles. The molecule has 0 unspecified atom stereocenters. The molecular formula is C24H26N4O. The van der Waals surface area contributed by atoms with Crippen LogP contribution in [-0.4, -0.2) is 47.6 Å². The quantitative estimate of drug-likeness (QED) is 0.720. The van der Waals surface area contributed by atoms with E-state index in [1.807, 2.05) is 65.5 Å². The molecule has 2 aromatic carbocycles. The predicted molar refractivity (Wildman–Crippen MR) is 117 cm³/mol. The van der Waals surface area contributed by atoms with E-state index in [1.54, 1.807) is 0 Å². The summed E-state index contributed by atoms with van der Waals surface area (Å²) in [5.74, 6) is -0.0881. The number of hydrogen-bond acceptors (Lipinski definition) is 3. The molecule has 0 spiro atoms. The van der Waals surface area contributed by atoms with Crippen molar-refractivity contribution in [3.05, 3.63) is 78.6 Å². The molecule has 1 aromatic heterocycles. The standard InChI is InChI=1S/C24H26N4O/c29-24(19-3-7-21(8-4-19)26-13-1-2-14-26)25-20-5-9-22(10-6-20)27-15-17-28(18-16-27)23-11-12-23/h1-10,13-14,23H,11-12,15-18H2,(H,25,29). The van der Waals surface area contributed by atoms with Crippen LogP contribution in [0.3, 0.4) is 0 Å². The lowest BCUT2D eigenvalue weighted by atomic mass is 10.1. The molecule has 5 heteroatoms. The van der Waals surface area contributed by atoms with Gasteiger partial charge in [-0.3, -0.25) is 9.69 Å². The molecule has 0 bridgehead atoms. The summed E-state index contributed by atoms with van der Waals surface area (Å²) in [5.41, 5.74) is 3.75. The molecule has 0 atom stereocenters. The summed E-state index contributed by atoms with van der Waals surface area (Å²) in [6.07, 6.45) is 6.73. The molecule has 148 valence electrons. The molecule has 1 aliphatic carbocycles. The van der Waals surface area contributed by atoms with E-state index in [0.29, 0.717) is 5.56 Å². The predicted octanol–water partition coefficient (Wildman–Crippen LogP) is 4.01. The van der Waals surface area contributed by atoms with Gasteiger partial charge in [0.1, 0.15) is 0 Å². The van der Waals surface area contributed by atoms with Crippen LogP contribution in [0.5, 0.6) is 0 Å². The highest BCUT2D eigenvalue weighted by Crippen LogP contribution is 2.28. The first-order valence-electron chi connectivity index (χ1n) is 10.4. The number of amides is 1. The van der Waals surface area contributed by atoms with Crippen LogP contribution >= 0.6 is 0 Å². The third kappa shape index (κ3) is 4.05. The SMILES string of the molecule is O=C(Nc1ccc(N2CCN(C3CC3)CC2)cc1)c1ccc(-n2cccc2)cc1. The molecule has 2 heterocycles. The van der Waals surface area contributed by atoms with Gasteiger partial charge in [0.2, 0.25) is 0 Å². The summed E-state index contributed by atoms with van der Waals surface area (Å²) in [6.45, 7) is 4.47. The Bertz CT molecular complexity index is 951. The van der Waals surface area contributed by atoms with Crippen LogP contribution in [0, 0.1) is 0 Å². The van der Waals surface area contributed by atoms with Gasteiger partial charge in [0.05, 0.1) is 0 Å². The first kappa shape index (κ1) is 18.0. The van der Waals surface area contributed by atoms with Gasteiger partial charge in [0, 0.05) is 67.2 Å². The van der Waals surface area contributed by atoms with Crippen LogP contribution in [0.4, 0.5) is 11.4 Å². The third-order valence-corrected chi connectivity index (χ3v) is 5.90. The summed E-state index contributed by atoms with van der Waals surface area (Å²) in [4.78, 5) is 17.6. The second-order valence-electron chi connectivity index (χ2n) is 7.89. The summed E-state index contributed by atoms with van der Waals surface area (Å²) in [5, 5.41) is 3.00. The van der Waals surface area contributed by atoms with Crippen molar-refractivity contribution in [1.82, 2.24) is 9.47 Å². The van der Waals surface area contributed by atoms with Crippen LogP contribution in [0.1, 0.15) is 23.2 Å². The second-order valence-corrected chi connectivity index (χ2v) is 7.89. The lowest BCUT2D eigenvalue weighted by Gasteiger charge is -2.36. The highest BCUT2D eigenvalue weighted by Gasteiger charge is 2.31. The van der Waals surface area contributed by atoms with Gasteiger partial charge in [-0.05, 0) is 73.5 Å². The molecule has 2 aliphatic rings. The Morgan fingerprint density at radius 1 is 0.793 bits per heavy atom. The van der Waals surface area contributed by atoms with E-state index < -0.39 is 0 Å². The highest BCUT2D eigenvalue weighted by atomic mass is 16.1. The molecule has 1 N–H and O–H groups in total. The minimum Gasteiger partial charge on any atom is -0.369 e. The van der Waals surface area contributed by atoms with Gasteiger partial charge < -0.3 is 14.8 Å². The van der Waals surface area contributed by atoms with Crippen LogP contribution in [0.15, 0.2) is 73.1 Å². The number of nitrogens with zero attached hydrogens (tertiary/aromatic N) is 3. The van der Waals surface area contributed by atoms with Crippen molar-refractivity contribution in [1.29, 1.82) is 0 Å². The Hall–Kier alpha value is -3.05. The number of piperazine rings is 1. The number of aromatic nitrogens is 1. The summed E-state index contributed by atoms with van der Waals surface area (Å²) < 4.78 is 2.02. The maximum atomic E-state index is 12.6. The average molecular weight is 386 g/mol. The summed E-state index contributed by atoms with van der Waals surface area (Å²) >= 11 is 0. The van der Waals surface area contributed by atoms with E-state index in [2.05, 4.69) is 27.2 Å². The average Bonchev–Trinajstić information content (AvgIpc) is 3.48. The smallest absolute Gasteiger partial charge is 0.255 e. The minimum absolute atomic E-state index is 0.0881. The van der Waals surface area contributed by atoms with Crippen molar-refractivity contribution in [2.24, 2.45) is 0 Å². The van der Waals surface area contributed by atoms with Gasteiger partial charge in [0.25, 0.3) is 5.91 Å². The van der Waals surface area contributed by atoms with Gasteiger partial charge in [-0.2, -0.15) is 0 Å². The van der Waals surface area contributed by atoms with E-state index in [1.165, 1.54) is 18.5 Å². The lowest BCUT2D eigenvalue weighted by molar-refractivity contribution is 0.102. The van der Waals surface area contributed by atoms with E-state index in [9.17, 15) is 4.79 Å². The van der Waals surface area contributed by atoms with Crippen molar-refractivity contribution < 1.29 is 4.79 Å². The third-order valence-electron chi connectivity index (χ3n) is 5.90. The molecule has 5 rings (SSSR count). The van der Waals surface area contributed by atoms with Crippen molar-refractivity contribution in [2.45, 2.75) is 18.9 Å². The van der Waals surface area contributed by atoms with E-state index >= 15 is 0 Å². The molecule has 0 radical (unpaired) electrons. The summed E-state index contributed by atoms with van der Waals surface area (Å²) in [6, 6.07) is 20.7. The van der Waals surface area contributed by atoms with Crippen molar-refractivity contribution >= 4 is 17.3 Å². The Balaban J connectivity index is 1.19. The fraction of sp³-hybridized carbons (Fsp3) is 0.292. The first-order chi connectivity index (χ1) is 14.3. The van der Waals surface area contributed by atoms with Crippen LogP contribution in [0.2, 0.25) is 0 Å². The van der Waals surface area contributed by atoms with Crippen LogP contribution in [0.25, 0.3) is 5.69 Å². The fourth-order valence-electron chi connectivity index (χ4n) is 4.04. The minimum atomic E-state index is -0.0881. The molecular weight excluding hydrogens is 360 g/mol. The van der Waals surface area contributed by atoms with Gasteiger partial charge in [0.15, 0.2) is 0 Å². The normalized spacial score (nSPS) is 17.3. The largest absolute Gasteiger partial charge is 0.369 e. The molecule has 5 nitrogen and oxygen atoms in total. The Morgan fingerprint density at radius 2 is 1.41 bits per heavy atom. The number of hydrogen-bond donors (Lipinski definition) is 1. The maximum absolute atomic E-state index is 12.6. The van der Waals surface area contributed by atoms with Gasteiger partial charge >= 0.3 is 0 Å². The number of benzene rings is 2. The Kier molecular flexibility index (Phi) is 4.82. The zero-order valence-electron chi connectivity index (χ0n) is 16.5. The molecule has 1 amide bonds. The van der Waals surface area contributed by atoms with E-state index in [-0.39, 0.29) is 5.91 Å². The van der Waals surface area contributed by atoms with Gasteiger partial charge in [-0.1, -0.05) is 0 Å². The van der Waals surface area contributed by atoms with Gasteiger partial charge in [-0.25, -0.2) is 0 Å². The summed E-state index contributed by atoms with van der Waals surface area (Å²) in [7, 11) is 0. The zero-order chi connectivity index (χ0) is 19.6. The molecule has 29 heavy (non-hydrogen) atoms. The fourth-order valence-corrected chi connectivity index (χ4v) is 4.04. The number of carbonyl (C=O) groups excluding carboxylic acids is 1. The first-order valence-corrected chi connectivity index (χ1v) is 10.4. The zero-order valence-corrected chi connectivity index (χ0v) is 16.5. The number of anilines is 2. The maximum Gasteiger partial charge on any atom is 0.255 e. The van der Waals surface area contributed by atoms with Crippen LogP contribution in [-0.2, 0) is 0 Å². The van der Waals surface area contributed by atoms with Crippen LogP contribution < -0.4 is 10.2 Å².